The first-order valence-electron chi connectivity index (χ1n) is 10.3. The number of imidazole rings is 1. The molecule has 1 aromatic heterocycles. The number of H-pyrrole nitrogens is 1. The zero-order valence-corrected chi connectivity index (χ0v) is 17.1. The number of fused-ring (bicyclic) bond motifs is 1. The summed E-state index contributed by atoms with van der Waals surface area (Å²) >= 11 is 0. The lowest BCUT2D eigenvalue weighted by Gasteiger charge is -2.43. The summed E-state index contributed by atoms with van der Waals surface area (Å²) in [4.78, 5) is 32.0. The lowest BCUT2D eigenvalue weighted by Crippen LogP contribution is -2.52. The number of carbonyl (C=O) groups is 1. The van der Waals surface area contributed by atoms with Crippen molar-refractivity contribution in [1.82, 2.24) is 19.4 Å². The van der Waals surface area contributed by atoms with E-state index in [0.29, 0.717) is 13.1 Å². The Morgan fingerprint density at radius 1 is 1.28 bits per heavy atom. The number of piperidine rings is 1. The SMILES string of the molecule is CC#CCOC(=O)N1CCC(C)(N2CCC(n3c(=O)[nH]c4ccccc43)CC2)C1. The number of para-hydroxylation sites is 2. The number of ether oxygens (including phenoxy) is 1. The Hall–Kier alpha value is -2.72. The lowest BCUT2D eigenvalue weighted by molar-refractivity contribution is 0.0650. The van der Waals surface area contributed by atoms with Crippen molar-refractivity contribution < 1.29 is 9.53 Å². The number of aromatic nitrogens is 2. The van der Waals surface area contributed by atoms with Gasteiger partial charge in [0.05, 0.1) is 11.0 Å². The molecule has 2 aliphatic heterocycles. The predicted molar refractivity (Wildman–Crippen MR) is 112 cm³/mol. The summed E-state index contributed by atoms with van der Waals surface area (Å²) in [5.74, 6) is 5.49. The number of benzene rings is 1. The van der Waals surface area contributed by atoms with E-state index in [4.69, 9.17) is 4.74 Å². The molecule has 2 saturated heterocycles. The Bertz CT molecular complexity index is 1010. The highest BCUT2D eigenvalue weighted by molar-refractivity contribution is 5.75. The maximum atomic E-state index is 12.5. The molecule has 29 heavy (non-hydrogen) atoms. The molecule has 0 aliphatic carbocycles. The molecular weight excluding hydrogens is 368 g/mol. The van der Waals surface area contributed by atoms with Gasteiger partial charge in [0.25, 0.3) is 0 Å². The molecule has 154 valence electrons. The average Bonchev–Trinajstić information content (AvgIpc) is 3.29. The fourth-order valence-corrected chi connectivity index (χ4v) is 4.72. The minimum absolute atomic E-state index is 0.0270. The molecular formula is C22H28N4O3. The van der Waals surface area contributed by atoms with Gasteiger partial charge in [-0.2, -0.15) is 0 Å². The van der Waals surface area contributed by atoms with Crippen LogP contribution in [0.1, 0.15) is 39.2 Å². The monoisotopic (exact) mass is 396 g/mol. The minimum atomic E-state index is -0.281. The number of carbonyl (C=O) groups excluding carboxylic acids is 1. The van der Waals surface area contributed by atoms with E-state index in [1.165, 1.54) is 0 Å². The molecule has 0 radical (unpaired) electrons. The predicted octanol–water partition coefficient (Wildman–Crippen LogP) is 2.59. The van der Waals surface area contributed by atoms with Crippen LogP contribution in [0, 0.1) is 11.8 Å². The summed E-state index contributed by atoms with van der Waals surface area (Å²) in [6, 6.07) is 8.07. The molecule has 2 aromatic rings. The zero-order chi connectivity index (χ0) is 20.4. The van der Waals surface area contributed by atoms with Gasteiger partial charge in [-0.3, -0.25) is 9.47 Å². The molecule has 2 fully saturated rings. The van der Waals surface area contributed by atoms with Crippen molar-refractivity contribution in [3.05, 3.63) is 34.7 Å². The third kappa shape index (κ3) is 3.77. The normalized spacial score (nSPS) is 23.2. The van der Waals surface area contributed by atoms with Crippen LogP contribution in [0.15, 0.2) is 29.1 Å². The summed E-state index contributed by atoms with van der Waals surface area (Å²) < 4.78 is 7.14. The third-order valence-electron chi connectivity index (χ3n) is 6.37. The smallest absolute Gasteiger partial charge is 0.410 e. The molecule has 3 heterocycles. The Balaban J connectivity index is 1.39. The van der Waals surface area contributed by atoms with Gasteiger partial charge in [0.1, 0.15) is 0 Å². The van der Waals surface area contributed by atoms with Gasteiger partial charge in [-0.05, 0) is 45.2 Å². The van der Waals surface area contributed by atoms with Crippen molar-refractivity contribution in [2.75, 3.05) is 32.8 Å². The van der Waals surface area contributed by atoms with Crippen LogP contribution in [0.3, 0.4) is 0 Å². The van der Waals surface area contributed by atoms with Gasteiger partial charge < -0.3 is 14.6 Å². The summed E-state index contributed by atoms with van der Waals surface area (Å²) in [6.45, 7) is 7.31. The van der Waals surface area contributed by atoms with Crippen molar-refractivity contribution >= 4 is 17.1 Å². The highest BCUT2D eigenvalue weighted by Gasteiger charge is 2.42. The summed E-state index contributed by atoms with van der Waals surface area (Å²) in [6.07, 6.45) is 2.50. The average molecular weight is 396 g/mol. The molecule has 2 aliphatic rings. The summed E-state index contributed by atoms with van der Waals surface area (Å²) in [5, 5.41) is 0. The molecule has 1 N–H and O–H groups in total. The van der Waals surface area contributed by atoms with Crippen molar-refractivity contribution in [1.29, 1.82) is 0 Å². The van der Waals surface area contributed by atoms with Crippen LogP contribution in [0.4, 0.5) is 4.79 Å². The van der Waals surface area contributed by atoms with Crippen LogP contribution < -0.4 is 5.69 Å². The van der Waals surface area contributed by atoms with E-state index in [0.717, 1.165) is 43.4 Å². The molecule has 1 atom stereocenters. The van der Waals surface area contributed by atoms with Crippen molar-refractivity contribution in [3.8, 4) is 11.8 Å². The number of aromatic amines is 1. The Morgan fingerprint density at radius 2 is 2.03 bits per heavy atom. The molecule has 0 bridgehead atoms. The fraction of sp³-hybridized carbons (Fsp3) is 0.545. The van der Waals surface area contributed by atoms with E-state index in [1.54, 1.807) is 11.8 Å². The molecule has 0 saturated carbocycles. The highest BCUT2D eigenvalue weighted by atomic mass is 16.6. The second-order valence-electron chi connectivity index (χ2n) is 8.19. The molecule has 7 heteroatoms. The molecule has 7 nitrogen and oxygen atoms in total. The van der Waals surface area contributed by atoms with Crippen molar-refractivity contribution in [2.24, 2.45) is 0 Å². The maximum absolute atomic E-state index is 12.5. The number of hydrogen-bond acceptors (Lipinski definition) is 4. The number of hydrogen-bond donors (Lipinski definition) is 1. The van der Waals surface area contributed by atoms with E-state index in [-0.39, 0.29) is 30.0 Å². The van der Waals surface area contributed by atoms with Gasteiger partial charge >= 0.3 is 11.8 Å². The molecule has 1 aromatic carbocycles. The summed E-state index contributed by atoms with van der Waals surface area (Å²) in [5.41, 5.74) is 1.79. The highest BCUT2D eigenvalue weighted by Crippen LogP contribution is 2.33. The van der Waals surface area contributed by atoms with Crippen molar-refractivity contribution in [3.63, 3.8) is 0 Å². The largest absolute Gasteiger partial charge is 0.436 e. The standard InChI is InChI=1S/C22H28N4O3/c1-3-4-15-29-21(28)24-14-11-22(2,16-24)25-12-9-17(10-13-25)26-19-8-6-5-7-18(19)23-20(26)27/h5-8,17H,9-16H2,1-2H3,(H,23,27). The summed E-state index contributed by atoms with van der Waals surface area (Å²) in [7, 11) is 0. The minimum Gasteiger partial charge on any atom is -0.436 e. The van der Waals surface area contributed by atoms with Crippen LogP contribution in [0.2, 0.25) is 0 Å². The second-order valence-corrected chi connectivity index (χ2v) is 8.19. The first-order valence-corrected chi connectivity index (χ1v) is 10.3. The zero-order valence-electron chi connectivity index (χ0n) is 17.1. The van der Waals surface area contributed by atoms with Gasteiger partial charge in [0.2, 0.25) is 0 Å². The number of amides is 1. The Morgan fingerprint density at radius 3 is 2.79 bits per heavy atom. The third-order valence-corrected chi connectivity index (χ3v) is 6.37. The number of rotatable bonds is 3. The quantitative estimate of drug-likeness (QED) is 0.810. The van der Waals surface area contributed by atoms with Crippen LogP contribution in [0.25, 0.3) is 11.0 Å². The van der Waals surface area contributed by atoms with Crippen molar-refractivity contribution in [2.45, 2.75) is 44.7 Å². The van der Waals surface area contributed by atoms with Gasteiger partial charge in [-0.1, -0.05) is 18.1 Å². The van der Waals surface area contributed by atoms with Crippen LogP contribution in [0.5, 0.6) is 0 Å². The number of likely N-dealkylation sites (tertiary alicyclic amines) is 2. The van der Waals surface area contributed by atoms with E-state index in [9.17, 15) is 9.59 Å². The molecule has 1 amide bonds. The fourth-order valence-electron chi connectivity index (χ4n) is 4.72. The molecule has 4 rings (SSSR count). The topological polar surface area (TPSA) is 70.6 Å². The lowest BCUT2D eigenvalue weighted by atomic mass is 9.94. The van der Waals surface area contributed by atoms with E-state index >= 15 is 0 Å². The van der Waals surface area contributed by atoms with Crippen LogP contribution >= 0.6 is 0 Å². The second kappa shape index (κ2) is 7.96. The van der Waals surface area contributed by atoms with Gasteiger partial charge in [-0.15, -0.1) is 5.92 Å². The van der Waals surface area contributed by atoms with E-state index < -0.39 is 0 Å². The maximum Gasteiger partial charge on any atom is 0.410 e. The van der Waals surface area contributed by atoms with Crippen LogP contribution in [-0.4, -0.2) is 63.8 Å². The van der Waals surface area contributed by atoms with Gasteiger partial charge in [0.15, 0.2) is 6.61 Å². The van der Waals surface area contributed by atoms with Gasteiger partial charge in [0, 0.05) is 37.8 Å². The first kappa shape index (κ1) is 19.6. The van der Waals surface area contributed by atoms with Crippen LogP contribution in [-0.2, 0) is 4.74 Å². The molecule has 1 unspecified atom stereocenters. The first-order chi connectivity index (χ1) is 14.0. The molecule has 0 spiro atoms. The van der Waals surface area contributed by atoms with E-state index in [2.05, 4.69) is 28.6 Å². The van der Waals surface area contributed by atoms with E-state index in [1.807, 2.05) is 28.8 Å². The van der Waals surface area contributed by atoms with Gasteiger partial charge in [-0.25, -0.2) is 9.59 Å². The Labute approximate surface area is 170 Å². The Kier molecular flexibility index (Phi) is 5.37. The number of nitrogens with zero attached hydrogens (tertiary/aromatic N) is 3. The number of nitrogens with one attached hydrogen (secondary N) is 1.